The second kappa shape index (κ2) is 6.00. The summed E-state index contributed by atoms with van der Waals surface area (Å²) in [7, 11) is 1.91. The van der Waals surface area contributed by atoms with Crippen LogP contribution in [0.25, 0.3) is 0 Å². The number of hydrogen-bond acceptors (Lipinski definition) is 2. The number of anilines is 1. The fraction of sp³-hybridized carbons (Fsp3) is 0.0667. The lowest BCUT2D eigenvalue weighted by molar-refractivity contribution is 0.102. The Hall–Kier alpha value is -2.36. The van der Waals surface area contributed by atoms with E-state index in [1.165, 1.54) is 0 Å². The smallest absolute Gasteiger partial charge is 0.255 e. The molecule has 0 aromatic heterocycles. The number of aldehydes is 1. The Balaban J connectivity index is 2.27. The highest BCUT2D eigenvalue weighted by Gasteiger charge is 2.09. The van der Waals surface area contributed by atoms with Gasteiger partial charge in [-0.05, 0) is 18.2 Å². The van der Waals surface area contributed by atoms with Crippen molar-refractivity contribution in [3.05, 3.63) is 59.7 Å². The van der Waals surface area contributed by atoms with Crippen molar-refractivity contribution in [3.63, 3.8) is 0 Å². The molecule has 0 unspecified atom stereocenters. The van der Waals surface area contributed by atoms with Crippen molar-refractivity contribution in [2.45, 2.75) is 6.82 Å². The highest BCUT2D eigenvalue weighted by molar-refractivity contribution is 6.52. The van der Waals surface area contributed by atoms with E-state index in [0.717, 1.165) is 11.7 Å². The van der Waals surface area contributed by atoms with E-state index in [0.29, 0.717) is 16.8 Å². The lowest BCUT2D eigenvalue weighted by Gasteiger charge is -2.09. The van der Waals surface area contributed by atoms with E-state index in [9.17, 15) is 9.59 Å². The van der Waals surface area contributed by atoms with Gasteiger partial charge in [-0.25, -0.2) is 0 Å². The Bertz CT molecular complexity index is 596. The lowest BCUT2D eigenvalue weighted by atomic mass is 9.73. The molecule has 0 fully saturated rings. The quantitative estimate of drug-likeness (QED) is 0.667. The Morgan fingerprint density at radius 2 is 1.89 bits per heavy atom. The van der Waals surface area contributed by atoms with Gasteiger partial charge in [-0.3, -0.25) is 9.59 Å². The van der Waals surface area contributed by atoms with Gasteiger partial charge in [0.15, 0.2) is 6.29 Å². The molecule has 4 heteroatoms. The maximum atomic E-state index is 12.0. The third-order valence-electron chi connectivity index (χ3n) is 2.82. The van der Waals surface area contributed by atoms with Crippen molar-refractivity contribution < 1.29 is 9.59 Å². The van der Waals surface area contributed by atoms with Crippen LogP contribution in [-0.2, 0) is 0 Å². The molecule has 0 aliphatic rings. The molecule has 2 rings (SSSR count). The van der Waals surface area contributed by atoms with Crippen LogP contribution in [0.2, 0.25) is 6.82 Å². The molecule has 93 valence electrons. The van der Waals surface area contributed by atoms with Crippen LogP contribution in [0, 0.1) is 0 Å². The first-order valence-corrected chi connectivity index (χ1v) is 5.99. The number of carbonyl (C=O) groups is 2. The number of amides is 1. The molecule has 0 heterocycles. The zero-order chi connectivity index (χ0) is 13.7. The molecule has 0 saturated heterocycles. The Morgan fingerprint density at radius 3 is 2.53 bits per heavy atom. The van der Waals surface area contributed by atoms with Gasteiger partial charge in [0, 0.05) is 11.1 Å². The molecule has 0 spiro atoms. The summed E-state index contributed by atoms with van der Waals surface area (Å²) in [4.78, 5) is 23.0. The Morgan fingerprint density at radius 1 is 1.16 bits per heavy atom. The average molecular weight is 250 g/mol. The van der Waals surface area contributed by atoms with Gasteiger partial charge in [-0.15, -0.1) is 0 Å². The summed E-state index contributed by atoms with van der Waals surface area (Å²) in [5, 5.41) is 2.76. The van der Waals surface area contributed by atoms with Crippen LogP contribution >= 0.6 is 0 Å². The van der Waals surface area contributed by atoms with Crippen LogP contribution in [-0.4, -0.2) is 19.5 Å². The van der Waals surface area contributed by atoms with E-state index < -0.39 is 0 Å². The normalized spacial score (nSPS) is 9.74. The number of hydrogen-bond donors (Lipinski definition) is 1. The van der Waals surface area contributed by atoms with Crippen LogP contribution in [0.5, 0.6) is 0 Å². The summed E-state index contributed by atoms with van der Waals surface area (Å²) in [5.74, 6) is -0.225. The van der Waals surface area contributed by atoms with Gasteiger partial charge in [-0.2, -0.15) is 0 Å². The zero-order valence-electron chi connectivity index (χ0n) is 10.6. The standard InChI is InChI=1S/C15H13BNO2/c1-16-13-8-7-12(10-18)14(9-13)17-15(19)11-5-3-2-4-6-11/h2-10H,1H3,(H,17,19). The van der Waals surface area contributed by atoms with Crippen LogP contribution < -0.4 is 10.8 Å². The predicted octanol–water partition coefficient (Wildman–Crippen LogP) is 2.13. The predicted molar refractivity (Wildman–Crippen MR) is 77.5 cm³/mol. The number of benzene rings is 2. The molecule has 0 bridgehead atoms. The zero-order valence-corrected chi connectivity index (χ0v) is 10.6. The maximum absolute atomic E-state index is 12.0. The molecule has 1 amide bonds. The molecular weight excluding hydrogens is 237 g/mol. The van der Waals surface area contributed by atoms with Gasteiger partial charge in [-0.1, -0.05) is 42.6 Å². The van der Waals surface area contributed by atoms with Gasteiger partial charge < -0.3 is 5.32 Å². The molecule has 1 radical (unpaired) electrons. The summed E-state index contributed by atoms with van der Waals surface area (Å²) < 4.78 is 0. The molecule has 19 heavy (non-hydrogen) atoms. The summed E-state index contributed by atoms with van der Waals surface area (Å²) >= 11 is 0. The van der Waals surface area contributed by atoms with Gasteiger partial charge in [0.2, 0.25) is 0 Å². The number of nitrogens with one attached hydrogen (secondary N) is 1. The maximum Gasteiger partial charge on any atom is 0.255 e. The van der Waals surface area contributed by atoms with Crippen molar-refractivity contribution in [1.29, 1.82) is 0 Å². The van der Waals surface area contributed by atoms with E-state index in [1.807, 2.05) is 26.2 Å². The van der Waals surface area contributed by atoms with Gasteiger partial charge in [0.25, 0.3) is 5.91 Å². The first-order chi connectivity index (χ1) is 9.24. The van der Waals surface area contributed by atoms with E-state index in [-0.39, 0.29) is 5.91 Å². The van der Waals surface area contributed by atoms with Crippen molar-refractivity contribution in [2.24, 2.45) is 0 Å². The summed E-state index contributed by atoms with van der Waals surface area (Å²) in [6.07, 6.45) is 0.736. The largest absolute Gasteiger partial charge is 0.321 e. The van der Waals surface area contributed by atoms with Gasteiger partial charge in [0.05, 0.1) is 5.69 Å². The van der Waals surface area contributed by atoms with E-state index in [1.54, 1.807) is 36.4 Å². The molecular formula is C15H13BNO2. The van der Waals surface area contributed by atoms with Crippen molar-refractivity contribution >= 4 is 30.6 Å². The van der Waals surface area contributed by atoms with Crippen LogP contribution in [0.3, 0.4) is 0 Å². The monoisotopic (exact) mass is 250 g/mol. The molecule has 0 atom stereocenters. The SMILES string of the molecule is C[B]c1ccc(C=O)c(NC(=O)c2ccccc2)c1. The van der Waals surface area contributed by atoms with Crippen molar-refractivity contribution in [3.8, 4) is 0 Å². The highest BCUT2D eigenvalue weighted by Crippen LogP contribution is 2.13. The van der Waals surface area contributed by atoms with Crippen LogP contribution in [0.4, 0.5) is 5.69 Å². The minimum Gasteiger partial charge on any atom is -0.321 e. The fourth-order valence-electron chi connectivity index (χ4n) is 1.75. The molecule has 1 N–H and O–H groups in total. The summed E-state index contributed by atoms with van der Waals surface area (Å²) in [6.45, 7) is 1.90. The second-order valence-electron chi connectivity index (χ2n) is 4.07. The molecule has 3 nitrogen and oxygen atoms in total. The van der Waals surface area contributed by atoms with Gasteiger partial charge >= 0.3 is 0 Å². The Kier molecular flexibility index (Phi) is 4.13. The molecule has 0 aliphatic carbocycles. The average Bonchev–Trinajstić information content (AvgIpc) is 2.48. The van der Waals surface area contributed by atoms with Crippen molar-refractivity contribution in [2.75, 3.05) is 5.32 Å². The first kappa shape index (κ1) is 13.1. The second-order valence-corrected chi connectivity index (χ2v) is 4.07. The first-order valence-electron chi connectivity index (χ1n) is 5.99. The molecule has 2 aromatic carbocycles. The van der Waals surface area contributed by atoms with E-state index in [4.69, 9.17) is 0 Å². The van der Waals surface area contributed by atoms with Gasteiger partial charge in [0.1, 0.15) is 7.28 Å². The molecule has 0 aliphatic heterocycles. The fourth-order valence-corrected chi connectivity index (χ4v) is 1.75. The van der Waals surface area contributed by atoms with E-state index in [2.05, 4.69) is 5.32 Å². The number of carbonyl (C=O) groups excluding carboxylic acids is 2. The third-order valence-corrected chi connectivity index (χ3v) is 2.82. The third kappa shape index (κ3) is 3.10. The molecule has 0 saturated carbocycles. The molecule has 2 aromatic rings. The minimum atomic E-state index is -0.225. The van der Waals surface area contributed by atoms with E-state index >= 15 is 0 Å². The summed E-state index contributed by atoms with van der Waals surface area (Å²) in [5.41, 5.74) is 2.51. The van der Waals surface area contributed by atoms with Crippen LogP contribution in [0.1, 0.15) is 20.7 Å². The van der Waals surface area contributed by atoms with Crippen LogP contribution in [0.15, 0.2) is 48.5 Å². The topological polar surface area (TPSA) is 46.2 Å². The van der Waals surface area contributed by atoms with Crippen molar-refractivity contribution in [1.82, 2.24) is 0 Å². The highest BCUT2D eigenvalue weighted by atomic mass is 16.1. The lowest BCUT2D eigenvalue weighted by Crippen LogP contribution is -2.17. The Labute approximate surface area is 112 Å². The minimum absolute atomic E-state index is 0.225. The number of rotatable bonds is 4. The summed E-state index contributed by atoms with van der Waals surface area (Å²) in [6, 6.07) is 14.2.